The standard InChI is InChI=1S/C20H12N2S4/c23-15-7-3-1-5-11(15)19-21-13-9-14-18(10-17(13)25-19)26-20(22-14)12-6-2-4-8-16(12)24/h1-10,23-24H. The van der Waals surface area contributed by atoms with Crippen molar-refractivity contribution < 1.29 is 0 Å². The number of fused-ring (bicyclic) bond motifs is 2. The minimum Gasteiger partial charge on any atom is -0.236 e. The SMILES string of the molecule is Sc1ccccc1-c1nc2cc3nc(-c4ccccc4S)sc3cc2s1. The van der Waals surface area contributed by atoms with Crippen LogP contribution in [0, 0.1) is 0 Å². The molecule has 0 aliphatic heterocycles. The zero-order chi connectivity index (χ0) is 17.7. The van der Waals surface area contributed by atoms with Crippen LogP contribution in [-0.4, -0.2) is 9.97 Å². The van der Waals surface area contributed by atoms with Gasteiger partial charge in [0.05, 0.1) is 20.4 Å². The second kappa shape index (κ2) is 6.39. The van der Waals surface area contributed by atoms with Crippen molar-refractivity contribution in [3.8, 4) is 21.1 Å². The van der Waals surface area contributed by atoms with Crippen molar-refractivity contribution in [3.05, 3.63) is 60.7 Å². The Balaban J connectivity index is 1.66. The smallest absolute Gasteiger partial charge is 0.125 e. The van der Waals surface area contributed by atoms with Crippen molar-refractivity contribution in [3.63, 3.8) is 0 Å². The molecule has 126 valence electrons. The van der Waals surface area contributed by atoms with Gasteiger partial charge in [-0.1, -0.05) is 36.4 Å². The molecule has 3 aromatic carbocycles. The van der Waals surface area contributed by atoms with Crippen LogP contribution in [0.5, 0.6) is 0 Å². The number of hydrogen-bond donors (Lipinski definition) is 2. The molecule has 2 aromatic heterocycles. The first kappa shape index (κ1) is 16.3. The maximum absolute atomic E-state index is 4.81. The molecule has 0 saturated carbocycles. The maximum atomic E-state index is 4.81. The second-order valence-corrected chi connectivity index (χ2v) is 8.88. The van der Waals surface area contributed by atoms with Crippen LogP contribution in [0.4, 0.5) is 0 Å². The Hall–Kier alpha value is -1.86. The summed E-state index contributed by atoms with van der Waals surface area (Å²) >= 11 is 12.5. The topological polar surface area (TPSA) is 25.8 Å². The highest BCUT2D eigenvalue weighted by molar-refractivity contribution is 7.80. The molecule has 0 bridgehead atoms. The van der Waals surface area contributed by atoms with Crippen molar-refractivity contribution in [1.29, 1.82) is 0 Å². The van der Waals surface area contributed by atoms with Crippen molar-refractivity contribution >= 4 is 68.4 Å². The minimum absolute atomic E-state index is 0.944. The molecule has 2 heterocycles. The van der Waals surface area contributed by atoms with Crippen LogP contribution < -0.4 is 0 Å². The van der Waals surface area contributed by atoms with Crippen LogP contribution >= 0.6 is 47.9 Å². The normalized spacial score (nSPS) is 11.5. The lowest BCUT2D eigenvalue weighted by Crippen LogP contribution is -1.78. The third-order valence-electron chi connectivity index (χ3n) is 4.17. The first-order valence-electron chi connectivity index (χ1n) is 7.97. The number of nitrogens with zero attached hydrogens (tertiary/aromatic N) is 2. The maximum Gasteiger partial charge on any atom is 0.125 e. The first-order chi connectivity index (χ1) is 12.7. The third-order valence-corrected chi connectivity index (χ3v) is 7.05. The molecule has 0 saturated heterocycles. The highest BCUT2D eigenvalue weighted by atomic mass is 32.1. The molecular weight excluding hydrogens is 397 g/mol. The van der Waals surface area contributed by atoms with E-state index in [-0.39, 0.29) is 0 Å². The minimum atomic E-state index is 0.944. The zero-order valence-corrected chi connectivity index (χ0v) is 16.8. The second-order valence-electron chi connectivity index (χ2n) is 5.86. The number of aromatic nitrogens is 2. The molecule has 26 heavy (non-hydrogen) atoms. The van der Waals surface area contributed by atoms with E-state index in [1.165, 1.54) is 9.40 Å². The van der Waals surface area contributed by atoms with Crippen LogP contribution in [0.1, 0.15) is 0 Å². The van der Waals surface area contributed by atoms with E-state index in [2.05, 4.69) is 49.5 Å². The van der Waals surface area contributed by atoms with Gasteiger partial charge < -0.3 is 0 Å². The quantitative estimate of drug-likeness (QED) is 0.314. The lowest BCUT2D eigenvalue weighted by molar-refractivity contribution is 1.39. The van der Waals surface area contributed by atoms with Crippen LogP contribution in [0.3, 0.4) is 0 Å². The molecule has 5 aromatic rings. The molecule has 0 fully saturated rings. The molecular formula is C20H12N2S4. The summed E-state index contributed by atoms with van der Waals surface area (Å²) in [5.74, 6) is 0. The summed E-state index contributed by atoms with van der Waals surface area (Å²) in [6, 6.07) is 20.4. The van der Waals surface area contributed by atoms with Crippen molar-refractivity contribution in [2.75, 3.05) is 0 Å². The number of rotatable bonds is 2. The fourth-order valence-electron chi connectivity index (χ4n) is 2.89. The first-order valence-corrected chi connectivity index (χ1v) is 10.5. The summed E-state index contributed by atoms with van der Waals surface area (Å²) < 4.78 is 2.33. The van der Waals surface area contributed by atoms with Gasteiger partial charge in [-0.25, -0.2) is 9.97 Å². The molecule has 0 atom stereocenters. The number of thiazole rings is 2. The largest absolute Gasteiger partial charge is 0.236 e. The van der Waals surface area contributed by atoms with Crippen molar-refractivity contribution in [1.82, 2.24) is 9.97 Å². The average Bonchev–Trinajstić information content (AvgIpc) is 3.23. The summed E-state index contributed by atoms with van der Waals surface area (Å²) in [6.07, 6.45) is 0. The van der Waals surface area contributed by atoms with Crippen LogP contribution in [0.2, 0.25) is 0 Å². The Labute approximate surface area is 169 Å². The Morgan fingerprint density at radius 3 is 1.54 bits per heavy atom. The molecule has 0 amide bonds. The van der Waals surface area contributed by atoms with E-state index in [0.29, 0.717) is 0 Å². The Bertz CT molecular complexity index is 1120. The summed E-state index contributed by atoms with van der Waals surface area (Å²) in [5, 5.41) is 1.98. The molecule has 0 N–H and O–H groups in total. The zero-order valence-electron chi connectivity index (χ0n) is 13.4. The van der Waals surface area contributed by atoms with Gasteiger partial charge in [-0.05, 0) is 24.3 Å². The Morgan fingerprint density at radius 2 is 1.08 bits per heavy atom. The predicted molar refractivity (Wildman–Crippen MR) is 118 cm³/mol. The molecule has 2 nitrogen and oxygen atoms in total. The number of hydrogen-bond acceptors (Lipinski definition) is 6. The highest BCUT2D eigenvalue weighted by Gasteiger charge is 2.13. The Morgan fingerprint density at radius 1 is 0.615 bits per heavy atom. The molecule has 5 rings (SSSR count). The van der Waals surface area contributed by atoms with Gasteiger partial charge in [0, 0.05) is 20.9 Å². The Kier molecular flexibility index (Phi) is 4.01. The van der Waals surface area contributed by atoms with Gasteiger partial charge in [0.1, 0.15) is 10.0 Å². The predicted octanol–water partition coefficient (Wildman–Crippen LogP) is 6.82. The van der Waals surface area contributed by atoms with Crippen LogP contribution in [0.15, 0.2) is 70.5 Å². The van der Waals surface area contributed by atoms with Gasteiger partial charge in [0.15, 0.2) is 0 Å². The van der Waals surface area contributed by atoms with Gasteiger partial charge in [-0.15, -0.1) is 47.9 Å². The van der Waals surface area contributed by atoms with Gasteiger partial charge in [-0.3, -0.25) is 0 Å². The lowest BCUT2D eigenvalue weighted by atomic mass is 10.2. The van der Waals surface area contributed by atoms with E-state index in [4.69, 9.17) is 9.97 Å². The number of thiol groups is 2. The average molecular weight is 409 g/mol. The monoisotopic (exact) mass is 408 g/mol. The molecule has 6 heteroatoms. The van der Waals surface area contributed by atoms with E-state index in [9.17, 15) is 0 Å². The van der Waals surface area contributed by atoms with Gasteiger partial charge in [0.2, 0.25) is 0 Å². The summed E-state index contributed by atoms with van der Waals surface area (Å²) in [4.78, 5) is 11.5. The van der Waals surface area contributed by atoms with E-state index in [1.54, 1.807) is 22.7 Å². The van der Waals surface area contributed by atoms with Crippen LogP contribution in [-0.2, 0) is 0 Å². The van der Waals surface area contributed by atoms with E-state index >= 15 is 0 Å². The molecule has 0 aliphatic carbocycles. The molecule has 0 aliphatic rings. The van der Waals surface area contributed by atoms with E-state index < -0.39 is 0 Å². The van der Waals surface area contributed by atoms with Gasteiger partial charge >= 0.3 is 0 Å². The molecule has 0 spiro atoms. The highest BCUT2D eigenvalue weighted by Crippen LogP contribution is 2.39. The van der Waals surface area contributed by atoms with Crippen molar-refractivity contribution in [2.45, 2.75) is 9.79 Å². The molecule has 0 unspecified atom stereocenters. The third kappa shape index (κ3) is 2.74. The van der Waals surface area contributed by atoms with Crippen molar-refractivity contribution in [2.24, 2.45) is 0 Å². The fraction of sp³-hybridized carbons (Fsp3) is 0. The lowest BCUT2D eigenvalue weighted by Gasteiger charge is -1.98. The van der Waals surface area contributed by atoms with Gasteiger partial charge in [0.25, 0.3) is 0 Å². The summed E-state index contributed by atoms with van der Waals surface area (Å²) in [6.45, 7) is 0. The summed E-state index contributed by atoms with van der Waals surface area (Å²) in [5.41, 5.74) is 4.09. The number of benzene rings is 3. The van der Waals surface area contributed by atoms with Gasteiger partial charge in [-0.2, -0.15) is 0 Å². The molecule has 0 radical (unpaired) electrons. The van der Waals surface area contributed by atoms with Crippen LogP contribution in [0.25, 0.3) is 41.6 Å². The fourth-order valence-corrected chi connectivity index (χ4v) is 5.70. The van der Waals surface area contributed by atoms with E-state index in [0.717, 1.165) is 42.0 Å². The van der Waals surface area contributed by atoms with E-state index in [1.807, 2.05) is 36.4 Å². The summed E-state index contributed by atoms with van der Waals surface area (Å²) in [7, 11) is 0.